The van der Waals surface area contributed by atoms with E-state index in [-0.39, 0.29) is 5.56 Å². The van der Waals surface area contributed by atoms with Gasteiger partial charge in [0, 0.05) is 11.6 Å². The van der Waals surface area contributed by atoms with Crippen LogP contribution >= 0.6 is 11.3 Å². The molecule has 132 valence electrons. The Kier molecular flexibility index (Phi) is 4.34. The molecule has 2 heterocycles. The van der Waals surface area contributed by atoms with Crippen LogP contribution in [-0.2, 0) is 0 Å². The summed E-state index contributed by atoms with van der Waals surface area (Å²) in [5.74, 6) is 1.45. The van der Waals surface area contributed by atoms with Crippen molar-refractivity contribution in [1.29, 1.82) is 0 Å². The molecule has 0 aliphatic heterocycles. The van der Waals surface area contributed by atoms with Crippen molar-refractivity contribution < 1.29 is 9.47 Å². The fourth-order valence-electron chi connectivity index (χ4n) is 2.92. The molecule has 2 aromatic carbocycles. The number of aromatic nitrogens is 2. The fourth-order valence-corrected chi connectivity index (χ4v) is 3.90. The number of imidazole rings is 1. The first-order chi connectivity index (χ1) is 12.7. The number of para-hydroxylation sites is 2. The van der Waals surface area contributed by atoms with E-state index in [0.717, 1.165) is 22.3 Å². The third-order valence-corrected chi connectivity index (χ3v) is 5.00. The van der Waals surface area contributed by atoms with E-state index >= 15 is 0 Å². The molecule has 6 heteroatoms. The van der Waals surface area contributed by atoms with Crippen LogP contribution in [-0.4, -0.2) is 22.6 Å². The highest BCUT2D eigenvalue weighted by molar-refractivity contribution is 7.15. The predicted molar refractivity (Wildman–Crippen MR) is 104 cm³/mol. The number of rotatable bonds is 5. The van der Waals surface area contributed by atoms with Crippen LogP contribution in [0.4, 0.5) is 0 Å². The highest BCUT2D eigenvalue weighted by Gasteiger charge is 2.11. The van der Waals surface area contributed by atoms with Crippen LogP contribution in [0.3, 0.4) is 0 Å². The molecule has 0 bridgehead atoms. The van der Waals surface area contributed by atoms with Gasteiger partial charge in [0.15, 0.2) is 4.96 Å². The number of ether oxygens (including phenoxy) is 2. The Hall–Kier alpha value is -2.86. The molecule has 4 rings (SSSR count). The molecule has 0 aliphatic rings. The van der Waals surface area contributed by atoms with E-state index in [1.54, 1.807) is 4.40 Å². The number of nitrogens with zero attached hydrogens (tertiary/aromatic N) is 2. The maximum absolute atomic E-state index is 12.9. The third-order valence-electron chi connectivity index (χ3n) is 4.03. The van der Waals surface area contributed by atoms with Crippen molar-refractivity contribution >= 4 is 33.4 Å². The van der Waals surface area contributed by atoms with Crippen molar-refractivity contribution in [2.75, 3.05) is 13.2 Å². The molecule has 0 saturated heterocycles. The zero-order valence-electron chi connectivity index (χ0n) is 14.6. The molecule has 0 fully saturated rings. The molecule has 0 spiro atoms. The zero-order valence-corrected chi connectivity index (χ0v) is 15.4. The predicted octanol–water partition coefficient (Wildman–Crippen LogP) is 3.25. The number of hydrogen-bond donors (Lipinski definition) is 0. The maximum Gasteiger partial charge on any atom is 0.274 e. The minimum Gasteiger partial charge on any atom is -0.494 e. The number of fused-ring (bicyclic) bond motifs is 3. The first-order valence-corrected chi connectivity index (χ1v) is 9.34. The summed E-state index contributed by atoms with van der Waals surface area (Å²) >= 11 is 1.38. The Morgan fingerprint density at radius 3 is 2.73 bits per heavy atom. The minimum atomic E-state index is -0.0602. The van der Waals surface area contributed by atoms with Crippen LogP contribution in [0, 0.1) is 0 Å². The molecule has 0 N–H and O–H groups in total. The van der Waals surface area contributed by atoms with E-state index in [1.807, 2.05) is 62.4 Å². The lowest BCUT2D eigenvalue weighted by Crippen LogP contribution is -2.22. The van der Waals surface area contributed by atoms with Gasteiger partial charge in [-0.25, -0.2) is 9.38 Å². The van der Waals surface area contributed by atoms with Gasteiger partial charge in [-0.2, -0.15) is 0 Å². The zero-order chi connectivity index (χ0) is 18.1. The second-order valence-corrected chi connectivity index (χ2v) is 6.71. The van der Waals surface area contributed by atoms with Gasteiger partial charge < -0.3 is 9.47 Å². The van der Waals surface area contributed by atoms with Crippen LogP contribution in [0.2, 0.25) is 0 Å². The van der Waals surface area contributed by atoms with Crippen molar-refractivity contribution in [3.8, 4) is 11.5 Å². The van der Waals surface area contributed by atoms with Gasteiger partial charge in [-0.1, -0.05) is 23.5 Å². The number of hydrogen-bond acceptors (Lipinski definition) is 5. The summed E-state index contributed by atoms with van der Waals surface area (Å²) < 4.78 is 13.6. The summed E-state index contributed by atoms with van der Waals surface area (Å²) in [6.07, 6.45) is 1.86. The lowest BCUT2D eigenvalue weighted by atomic mass is 10.2. The first-order valence-electron chi connectivity index (χ1n) is 8.52. The lowest BCUT2D eigenvalue weighted by molar-refractivity contribution is 0.322. The highest BCUT2D eigenvalue weighted by Crippen LogP contribution is 2.26. The van der Waals surface area contributed by atoms with Gasteiger partial charge in [-0.3, -0.25) is 4.79 Å². The molecular weight excluding hydrogens is 348 g/mol. The summed E-state index contributed by atoms with van der Waals surface area (Å²) in [4.78, 5) is 18.1. The molecule has 0 aliphatic carbocycles. The average molecular weight is 366 g/mol. The largest absolute Gasteiger partial charge is 0.494 e. The summed E-state index contributed by atoms with van der Waals surface area (Å²) in [7, 11) is 0. The smallest absolute Gasteiger partial charge is 0.274 e. The van der Waals surface area contributed by atoms with E-state index in [2.05, 4.69) is 4.98 Å². The second-order valence-electron chi connectivity index (χ2n) is 5.70. The molecule has 0 radical (unpaired) electrons. The maximum atomic E-state index is 12.9. The van der Waals surface area contributed by atoms with Gasteiger partial charge in [0.1, 0.15) is 11.5 Å². The van der Waals surface area contributed by atoms with Gasteiger partial charge in [-0.15, -0.1) is 0 Å². The monoisotopic (exact) mass is 366 g/mol. The summed E-state index contributed by atoms with van der Waals surface area (Å²) in [5, 5.41) is 0. The van der Waals surface area contributed by atoms with Crippen molar-refractivity contribution in [2.45, 2.75) is 13.8 Å². The molecule has 0 saturated carbocycles. The number of benzene rings is 2. The summed E-state index contributed by atoms with van der Waals surface area (Å²) in [6, 6.07) is 13.3. The molecule has 26 heavy (non-hydrogen) atoms. The van der Waals surface area contributed by atoms with Crippen molar-refractivity contribution in [3.63, 3.8) is 0 Å². The lowest BCUT2D eigenvalue weighted by Gasteiger charge is -2.10. The highest BCUT2D eigenvalue weighted by atomic mass is 32.1. The van der Waals surface area contributed by atoms with Crippen LogP contribution in [0.1, 0.15) is 19.4 Å². The fraction of sp³-hybridized carbons (Fsp3) is 0.200. The van der Waals surface area contributed by atoms with Crippen molar-refractivity contribution in [1.82, 2.24) is 9.38 Å². The quantitative estimate of drug-likeness (QED) is 0.544. The SMILES string of the molecule is CCOc1ccc(C=c2sc3nc4ccccc4n3c2=O)c(OCC)c1. The molecule has 2 aromatic heterocycles. The molecule has 5 nitrogen and oxygen atoms in total. The van der Waals surface area contributed by atoms with E-state index < -0.39 is 0 Å². The first kappa shape index (κ1) is 16.6. The summed E-state index contributed by atoms with van der Waals surface area (Å²) in [6.45, 7) is 5.00. The molecule has 4 aromatic rings. The normalized spacial score (nSPS) is 12.2. The Morgan fingerprint density at radius 2 is 1.92 bits per heavy atom. The van der Waals surface area contributed by atoms with E-state index in [4.69, 9.17) is 9.47 Å². The molecule has 0 atom stereocenters. The van der Waals surface area contributed by atoms with Gasteiger partial charge >= 0.3 is 0 Å². The van der Waals surface area contributed by atoms with Crippen LogP contribution in [0.15, 0.2) is 47.3 Å². The average Bonchev–Trinajstić information content (AvgIpc) is 3.14. The second kappa shape index (κ2) is 6.80. The van der Waals surface area contributed by atoms with Gasteiger partial charge in [0.2, 0.25) is 0 Å². The van der Waals surface area contributed by atoms with Gasteiger partial charge in [0.25, 0.3) is 5.56 Å². The Balaban J connectivity index is 1.88. The summed E-state index contributed by atoms with van der Waals surface area (Å²) in [5.41, 5.74) is 2.45. The molecular formula is C20H18N2O3S. The Morgan fingerprint density at radius 1 is 1.12 bits per heavy atom. The van der Waals surface area contributed by atoms with E-state index in [1.165, 1.54) is 11.3 Å². The topological polar surface area (TPSA) is 52.8 Å². The standard InChI is InChI=1S/C20H18N2O3S/c1-3-24-14-10-9-13(17(12-14)25-4-2)11-18-19(23)22-16-8-6-5-7-15(16)21-20(22)26-18/h5-12H,3-4H2,1-2H3. The van der Waals surface area contributed by atoms with Crippen LogP contribution in [0.25, 0.3) is 22.1 Å². The van der Waals surface area contributed by atoms with Crippen LogP contribution in [0.5, 0.6) is 11.5 Å². The van der Waals surface area contributed by atoms with Crippen LogP contribution < -0.4 is 19.6 Å². The Bertz CT molecular complexity index is 1190. The van der Waals surface area contributed by atoms with Crippen molar-refractivity contribution in [3.05, 3.63) is 62.9 Å². The van der Waals surface area contributed by atoms with E-state index in [0.29, 0.717) is 28.5 Å². The van der Waals surface area contributed by atoms with Gasteiger partial charge in [0.05, 0.1) is 28.8 Å². The molecule has 0 amide bonds. The number of thiazole rings is 1. The van der Waals surface area contributed by atoms with Gasteiger partial charge in [-0.05, 0) is 44.2 Å². The third kappa shape index (κ3) is 2.82. The Labute approximate surface area is 154 Å². The van der Waals surface area contributed by atoms with Crippen molar-refractivity contribution in [2.24, 2.45) is 0 Å². The minimum absolute atomic E-state index is 0.0602. The van der Waals surface area contributed by atoms with E-state index in [9.17, 15) is 4.79 Å². The molecule has 0 unspecified atom stereocenters.